The van der Waals surface area contributed by atoms with Crippen LogP contribution in [0.1, 0.15) is 16.8 Å². The molecule has 1 aliphatic heterocycles. The highest BCUT2D eigenvalue weighted by molar-refractivity contribution is 7.92. The second-order valence-electron chi connectivity index (χ2n) is 7.19. The van der Waals surface area contributed by atoms with Gasteiger partial charge in [0.05, 0.1) is 32.7 Å². The predicted octanol–water partition coefficient (Wildman–Crippen LogP) is 1.63. The fourth-order valence-corrected chi connectivity index (χ4v) is 6.23. The number of halogens is 1. The maximum Gasteiger partial charge on any atom is 0.340 e. The van der Waals surface area contributed by atoms with Gasteiger partial charge in [-0.15, -0.1) is 0 Å². The average Bonchev–Trinajstić information content (AvgIpc) is 3.10. The summed E-state index contributed by atoms with van der Waals surface area (Å²) in [5.41, 5.74) is 0.211. The summed E-state index contributed by atoms with van der Waals surface area (Å²) in [6.07, 6.45) is 0.294. The van der Waals surface area contributed by atoms with E-state index in [0.29, 0.717) is 12.1 Å². The highest BCUT2D eigenvalue weighted by atomic mass is 35.5. The molecule has 0 saturated carbocycles. The minimum atomic E-state index is -3.99. The van der Waals surface area contributed by atoms with Crippen LogP contribution in [0.25, 0.3) is 0 Å². The molecule has 1 amide bonds. The third kappa shape index (κ3) is 5.59. The van der Waals surface area contributed by atoms with E-state index in [1.54, 1.807) is 30.3 Å². The topological polar surface area (TPSA) is 127 Å². The lowest BCUT2D eigenvalue weighted by Gasteiger charge is -2.20. The maximum absolute atomic E-state index is 12.9. The number of para-hydroxylation sites is 1. The van der Waals surface area contributed by atoms with Crippen LogP contribution in [0.2, 0.25) is 5.02 Å². The Morgan fingerprint density at radius 1 is 1.19 bits per heavy atom. The van der Waals surface area contributed by atoms with Gasteiger partial charge in [-0.05, 0) is 36.8 Å². The largest absolute Gasteiger partial charge is 0.452 e. The van der Waals surface area contributed by atoms with Crippen molar-refractivity contribution in [1.82, 2.24) is 5.32 Å². The molecule has 3 rings (SSSR count). The molecule has 0 aromatic heterocycles. The smallest absolute Gasteiger partial charge is 0.340 e. The van der Waals surface area contributed by atoms with E-state index in [2.05, 4.69) is 5.32 Å². The van der Waals surface area contributed by atoms with Crippen molar-refractivity contribution < 1.29 is 31.2 Å². The van der Waals surface area contributed by atoms with Crippen molar-refractivity contribution in [2.45, 2.75) is 17.4 Å². The number of esters is 1. The van der Waals surface area contributed by atoms with Gasteiger partial charge in [0.2, 0.25) is 0 Å². The van der Waals surface area contributed by atoms with Crippen LogP contribution >= 0.6 is 11.6 Å². The van der Waals surface area contributed by atoms with Gasteiger partial charge < -0.3 is 10.1 Å². The number of carbonyl (C=O) groups excluding carboxylic acids is 2. The van der Waals surface area contributed by atoms with E-state index in [-0.39, 0.29) is 27.0 Å². The van der Waals surface area contributed by atoms with Crippen molar-refractivity contribution in [3.63, 3.8) is 0 Å². The maximum atomic E-state index is 12.9. The summed E-state index contributed by atoms with van der Waals surface area (Å²) < 4.78 is 54.8. The fraction of sp³-hybridized carbons (Fsp3) is 0.300. The van der Waals surface area contributed by atoms with Gasteiger partial charge in [-0.1, -0.05) is 29.8 Å². The summed E-state index contributed by atoms with van der Waals surface area (Å²) in [6.45, 7) is -0.660. The molecule has 0 spiro atoms. The van der Waals surface area contributed by atoms with Crippen molar-refractivity contribution in [1.29, 1.82) is 0 Å². The molecular weight excluding hydrogens is 480 g/mol. The van der Waals surface area contributed by atoms with Crippen LogP contribution in [0, 0.1) is 0 Å². The van der Waals surface area contributed by atoms with Crippen LogP contribution in [0.3, 0.4) is 0 Å². The Labute approximate surface area is 191 Å². The molecule has 1 aliphatic rings. The van der Waals surface area contributed by atoms with Crippen molar-refractivity contribution in [3.05, 3.63) is 59.1 Å². The Balaban J connectivity index is 1.69. The number of sulfone groups is 1. The summed E-state index contributed by atoms with van der Waals surface area (Å²) in [7, 11) is -5.78. The highest BCUT2D eigenvalue weighted by Crippen LogP contribution is 2.26. The van der Waals surface area contributed by atoms with Crippen LogP contribution in [0.15, 0.2) is 53.4 Å². The summed E-state index contributed by atoms with van der Waals surface area (Å²) in [4.78, 5) is 24.2. The van der Waals surface area contributed by atoms with Crippen LogP contribution < -0.4 is 9.62 Å². The van der Waals surface area contributed by atoms with Gasteiger partial charge in [-0.2, -0.15) is 0 Å². The molecule has 1 heterocycles. The number of amides is 1. The van der Waals surface area contributed by atoms with E-state index in [1.165, 1.54) is 19.2 Å². The fourth-order valence-electron chi connectivity index (χ4n) is 3.14. The molecule has 172 valence electrons. The number of hydrogen-bond donors (Lipinski definition) is 1. The highest BCUT2D eigenvalue weighted by Gasteiger charge is 2.29. The van der Waals surface area contributed by atoms with Crippen molar-refractivity contribution in [2.24, 2.45) is 0 Å². The number of benzene rings is 2. The predicted molar refractivity (Wildman–Crippen MR) is 119 cm³/mol. The second-order valence-corrected chi connectivity index (χ2v) is 11.8. The van der Waals surface area contributed by atoms with Gasteiger partial charge in [-0.25, -0.2) is 21.6 Å². The first-order valence-corrected chi connectivity index (χ1v) is 13.1. The van der Waals surface area contributed by atoms with E-state index >= 15 is 0 Å². The lowest BCUT2D eigenvalue weighted by molar-refractivity contribution is -0.124. The second kappa shape index (κ2) is 9.47. The Morgan fingerprint density at radius 2 is 1.88 bits per heavy atom. The number of anilines is 1. The number of sulfonamides is 1. The zero-order chi connectivity index (χ0) is 23.5. The Hall–Kier alpha value is -2.63. The van der Waals surface area contributed by atoms with Gasteiger partial charge in [0.1, 0.15) is 0 Å². The SMILES string of the molecule is CN(c1ccccc1)S(=O)(=O)c1ccc(Cl)c(C(=O)OCC(=O)N[C@@H]2CCS(=O)(=O)C2)c1. The third-order valence-electron chi connectivity index (χ3n) is 4.87. The van der Waals surface area contributed by atoms with Gasteiger partial charge in [0, 0.05) is 13.1 Å². The zero-order valence-corrected chi connectivity index (χ0v) is 19.4. The van der Waals surface area contributed by atoms with Crippen LogP contribution in [0.4, 0.5) is 5.69 Å². The molecule has 2 aromatic rings. The van der Waals surface area contributed by atoms with Gasteiger partial charge in [-0.3, -0.25) is 9.10 Å². The molecule has 12 heteroatoms. The third-order valence-corrected chi connectivity index (χ3v) is 8.75. The summed E-state index contributed by atoms with van der Waals surface area (Å²) in [6, 6.07) is 11.5. The van der Waals surface area contributed by atoms with E-state index in [4.69, 9.17) is 16.3 Å². The van der Waals surface area contributed by atoms with Crippen LogP contribution in [0.5, 0.6) is 0 Å². The van der Waals surface area contributed by atoms with Gasteiger partial charge in [0.15, 0.2) is 16.4 Å². The van der Waals surface area contributed by atoms with E-state index in [0.717, 1.165) is 10.4 Å². The summed E-state index contributed by atoms with van der Waals surface area (Å²) in [5.74, 6) is -1.81. The molecule has 1 atom stereocenters. The molecular formula is C20H21ClN2O7S2. The van der Waals surface area contributed by atoms with Crippen molar-refractivity contribution >= 4 is 49.0 Å². The van der Waals surface area contributed by atoms with Crippen LogP contribution in [-0.4, -0.2) is 59.9 Å². The normalized spacial score (nSPS) is 17.5. The van der Waals surface area contributed by atoms with Gasteiger partial charge >= 0.3 is 5.97 Å². The van der Waals surface area contributed by atoms with Crippen molar-refractivity contribution in [3.8, 4) is 0 Å². The molecule has 1 fully saturated rings. The Morgan fingerprint density at radius 3 is 2.50 bits per heavy atom. The number of ether oxygens (including phenoxy) is 1. The molecule has 1 saturated heterocycles. The standard InChI is InChI=1S/C20H21ClN2O7S2/c1-23(15-5-3-2-4-6-15)32(28,29)16-7-8-18(21)17(11-16)20(25)30-12-19(24)22-14-9-10-31(26,27)13-14/h2-8,11,14H,9-10,12-13H2,1H3,(H,22,24)/t14-/m1/s1. The zero-order valence-electron chi connectivity index (χ0n) is 17.0. The number of nitrogens with one attached hydrogen (secondary N) is 1. The first-order valence-electron chi connectivity index (χ1n) is 9.50. The molecule has 2 aromatic carbocycles. The summed E-state index contributed by atoms with van der Waals surface area (Å²) >= 11 is 6.05. The monoisotopic (exact) mass is 500 g/mol. The molecule has 0 bridgehead atoms. The quantitative estimate of drug-likeness (QED) is 0.572. The first-order chi connectivity index (χ1) is 15.0. The molecule has 0 aliphatic carbocycles. The molecule has 32 heavy (non-hydrogen) atoms. The van der Waals surface area contributed by atoms with E-state index in [1.807, 2.05) is 0 Å². The Bertz CT molecular complexity index is 1230. The molecule has 0 radical (unpaired) electrons. The molecule has 1 N–H and O–H groups in total. The van der Waals surface area contributed by atoms with Gasteiger partial charge in [0.25, 0.3) is 15.9 Å². The number of carbonyl (C=O) groups is 2. The van der Waals surface area contributed by atoms with Crippen molar-refractivity contribution in [2.75, 3.05) is 29.5 Å². The number of rotatable bonds is 7. The number of hydrogen-bond acceptors (Lipinski definition) is 7. The minimum Gasteiger partial charge on any atom is -0.452 e. The Kier molecular flexibility index (Phi) is 7.11. The lowest BCUT2D eigenvalue weighted by Crippen LogP contribution is -2.38. The van der Waals surface area contributed by atoms with Crippen LogP contribution in [-0.2, 0) is 29.4 Å². The average molecular weight is 501 g/mol. The molecule has 0 unspecified atom stereocenters. The van der Waals surface area contributed by atoms with E-state index in [9.17, 15) is 26.4 Å². The molecule has 9 nitrogen and oxygen atoms in total. The first kappa shape index (κ1) is 24.0. The minimum absolute atomic E-state index is 0.00790. The summed E-state index contributed by atoms with van der Waals surface area (Å²) in [5, 5.41) is 2.45. The lowest BCUT2D eigenvalue weighted by atomic mass is 10.2. The van der Waals surface area contributed by atoms with E-state index < -0.39 is 44.4 Å². The number of nitrogens with zero attached hydrogens (tertiary/aromatic N) is 1.